The number of nitrogens with one attached hydrogen (secondary N) is 2. The minimum atomic E-state index is -3.50. The number of carbonyl (C=O) groups excluding carboxylic acids is 1. The molecule has 0 saturated heterocycles. The molecule has 0 heterocycles. The third kappa shape index (κ3) is 5.65. The first-order chi connectivity index (χ1) is 10.4. The van der Waals surface area contributed by atoms with E-state index in [-0.39, 0.29) is 16.6 Å². The maximum atomic E-state index is 12.3. The molecule has 1 atom stereocenters. The van der Waals surface area contributed by atoms with E-state index in [0.717, 1.165) is 6.54 Å². The molecular formula is C15H24N2O4S. The summed E-state index contributed by atoms with van der Waals surface area (Å²) in [4.78, 5) is 12.1. The highest BCUT2D eigenvalue weighted by Gasteiger charge is 2.23. The standard InChI is InChI=1S/C15H24N2O4S/c1-4-16-9-10-17-15(18)12(2)11-22(19,20)14-7-5-13(21-3)6-8-14/h5-8,12,16H,4,9-11H2,1-3H3,(H,17,18). The molecule has 1 aromatic rings. The molecule has 7 heteroatoms. The van der Waals surface area contributed by atoms with Crippen LogP contribution in [-0.2, 0) is 14.6 Å². The summed E-state index contributed by atoms with van der Waals surface area (Å²) < 4.78 is 29.6. The van der Waals surface area contributed by atoms with Crippen LogP contribution in [-0.4, -0.2) is 46.8 Å². The van der Waals surface area contributed by atoms with Gasteiger partial charge in [-0.25, -0.2) is 8.42 Å². The number of hydrogen-bond donors (Lipinski definition) is 2. The molecule has 0 aliphatic carbocycles. The van der Waals surface area contributed by atoms with Gasteiger partial charge in [0.1, 0.15) is 5.75 Å². The number of sulfone groups is 1. The molecular weight excluding hydrogens is 304 g/mol. The Kier molecular flexibility index (Phi) is 7.34. The first-order valence-electron chi connectivity index (χ1n) is 7.26. The smallest absolute Gasteiger partial charge is 0.223 e. The molecule has 22 heavy (non-hydrogen) atoms. The highest BCUT2D eigenvalue weighted by atomic mass is 32.2. The van der Waals surface area contributed by atoms with Crippen molar-refractivity contribution in [2.75, 3.05) is 32.5 Å². The molecule has 1 rings (SSSR count). The number of carbonyl (C=O) groups is 1. The fraction of sp³-hybridized carbons (Fsp3) is 0.533. The van der Waals surface area contributed by atoms with Gasteiger partial charge in [-0.05, 0) is 30.8 Å². The van der Waals surface area contributed by atoms with Crippen LogP contribution in [0.1, 0.15) is 13.8 Å². The van der Waals surface area contributed by atoms with Crippen LogP contribution in [0.5, 0.6) is 5.75 Å². The molecule has 0 aromatic heterocycles. The number of amides is 1. The van der Waals surface area contributed by atoms with E-state index >= 15 is 0 Å². The first kappa shape index (κ1) is 18.4. The van der Waals surface area contributed by atoms with Gasteiger partial charge in [-0.15, -0.1) is 0 Å². The Morgan fingerprint density at radius 1 is 1.23 bits per heavy atom. The van der Waals surface area contributed by atoms with E-state index in [1.807, 2.05) is 6.92 Å². The van der Waals surface area contributed by atoms with Crippen molar-refractivity contribution in [3.63, 3.8) is 0 Å². The van der Waals surface area contributed by atoms with Gasteiger partial charge in [-0.3, -0.25) is 4.79 Å². The SMILES string of the molecule is CCNCCNC(=O)C(C)CS(=O)(=O)c1ccc(OC)cc1. The van der Waals surface area contributed by atoms with E-state index in [4.69, 9.17) is 4.74 Å². The maximum absolute atomic E-state index is 12.3. The maximum Gasteiger partial charge on any atom is 0.223 e. The fourth-order valence-electron chi connectivity index (χ4n) is 1.91. The summed E-state index contributed by atoms with van der Waals surface area (Å²) in [7, 11) is -1.98. The minimum absolute atomic E-state index is 0.195. The summed E-state index contributed by atoms with van der Waals surface area (Å²) in [5.41, 5.74) is 0. The van der Waals surface area contributed by atoms with Gasteiger partial charge in [-0.1, -0.05) is 13.8 Å². The summed E-state index contributed by atoms with van der Waals surface area (Å²) in [6, 6.07) is 6.16. The lowest BCUT2D eigenvalue weighted by Crippen LogP contribution is -2.37. The minimum Gasteiger partial charge on any atom is -0.497 e. The predicted molar refractivity (Wildman–Crippen MR) is 85.8 cm³/mol. The van der Waals surface area contributed by atoms with Gasteiger partial charge < -0.3 is 15.4 Å². The lowest BCUT2D eigenvalue weighted by atomic mass is 10.2. The Balaban J connectivity index is 2.60. The van der Waals surface area contributed by atoms with Crippen LogP contribution in [0.3, 0.4) is 0 Å². The average molecular weight is 328 g/mol. The van der Waals surface area contributed by atoms with Gasteiger partial charge in [0.2, 0.25) is 5.91 Å². The number of rotatable bonds is 9. The van der Waals surface area contributed by atoms with Crippen molar-refractivity contribution in [3.05, 3.63) is 24.3 Å². The van der Waals surface area contributed by atoms with Crippen LogP contribution in [0.2, 0.25) is 0 Å². The van der Waals surface area contributed by atoms with Crippen LogP contribution < -0.4 is 15.4 Å². The van der Waals surface area contributed by atoms with Crippen LogP contribution in [0, 0.1) is 5.92 Å². The Labute approximate surface area is 132 Å². The second kappa shape index (κ2) is 8.75. The summed E-state index contributed by atoms with van der Waals surface area (Å²) in [5.74, 6) is -0.483. The lowest BCUT2D eigenvalue weighted by molar-refractivity contribution is -0.123. The molecule has 0 fully saturated rings. The van der Waals surface area contributed by atoms with E-state index in [9.17, 15) is 13.2 Å². The molecule has 0 aliphatic heterocycles. The highest BCUT2D eigenvalue weighted by molar-refractivity contribution is 7.91. The van der Waals surface area contributed by atoms with E-state index in [1.54, 1.807) is 19.1 Å². The molecule has 0 bridgehead atoms. The molecule has 1 amide bonds. The van der Waals surface area contributed by atoms with Crippen molar-refractivity contribution in [2.45, 2.75) is 18.7 Å². The molecule has 0 radical (unpaired) electrons. The average Bonchev–Trinajstić information content (AvgIpc) is 2.51. The number of benzene rings is 1. The monoisotopic (exact) mass is 328 g/mol. The number of ether oxygens (including phenoxy) is 1. The number of hydrogen-bond acceptors (Lipinski definition) is 5. The van der Waals surface area contributed by atoms with Gasteiger partial charge in [-0.2, -0.15) is 0 Å². The Hall–Kier alpha value is -1.60. The van der Waals surface area contributed by atoms with Gasteiger partial charge in [0.05, 0.1) is 17.8 Å². The lowest BCUT2D eigenvalue weighted by Gasteiger charge is -2.13. The number of methoxy groups -OCH3 is 1. The molecule has 0 spiro atoms. The van der Waals surface area contributed by atoms with Crippen molar-refractivity contribution < 1.29 is 17.9 Å². The topological polar surface area (TPSA) is 84.5 Å². The largest absolute Gasteiger partial charge is 0.497 e. The van der Waals surface area contributed by atoms with Crippen LogP contribution in [0.15, 0.2) is 29.2 Å². The molecule has 1 aromatic carbocycles. The second-order valence-electron chi connectivity index (χ2n) is 5.00. The Morgan fingerprint density at radius 3 is 2.41 bits per heavy atom. The fourth-order valence-corrected chi connectivity index (χ4v) is 3.46. The van der Waals surface area contributed by atoms with Gasteiger partial charge in [0.25, 0.3) is 0 Å². The zero-order chi connectivity index (χ0) is 16.6. The molecule has 0 saturated carbocycles. The van der Waals surface area contributed by atoms with Crippen molar-refractivity contribution in [2.24, 2.45) is 5.92 Å². The Bertz CT molecular complexity index is 570. The summed E-state index contributed by atoms with van der Waals surface area (Å²) >= 11 is 0. The van der Waals surface area contributed by atoms with Gasteiger partial charge in [0, 0.05) is 19.0 Å². The predicted octanol–water partition coefficient (Wildman–Crippen LogP) is 0.831. The molecule has 124 valence electrons. The van der Waals surface area contributed by atoms with E-state index in [2.05, 4.69) is 10.6 Å². The van der Waals surface area contributed by atoms with E-state index < -0.39 is 15.8 Å². The zero-order valence-electron chi connectivity index (χ0n) is 13.3. The zero-order valence-corrected chi connectivity index (χ0v) is 14.1. The van der Waals surface area contributed by atoms with Crippen LogP contribution in [0.25, 0.3) is 0 Å². The van der Waals surface area contributed by atoms with Crippen LogP contribution >= 0.6 is 0 Å². The van der Waals surface area contributed by atoms with Crippen molar-refractivity contribution in [1.82, 2.24) is 10.6 Å². The number of likely N-dealkylation sites (N-methyl/N-ethyl adjacent to an activating group) is 1. The summed E-state index contributed by atoms with van der Waals surface area (Å²) in [6.45, 7) is 5.58. The molecule has 2 N–H and O–H groups in total. The van der Waals surface area contributed by atoms with Crippen molar-refractivity contribution in [3.8, 4) is 5.75 Å². The van der Waals surface area contributed by atoms with Gasteiger partial charge in [0.15, 0.2) is 9.84 Å². The third-order valence-corrected chi connectivity index (χ3v) is 5.12. The first-order valence-corrected chi connectivity index (χ1v) is 8.91. The van der Waals surface area contributed by atoms with Gasteiger partial charge >= 0.3 is 0 Å². The normalized spacial score (nSPS) is 12.7. The van der Waals surface area contributed by atoms with E-state index in [0.29, 0.717) is 18.8 Å². The Morgan fingerprint density at radius 2 is 1.86 bits per heavy atom. The molecule has 0 aliphatic rings. The quantitative estimate of drug-likeness (QED) is 0.656. The molecule has 6 nitrogen and oxygen atoms in total. The highest BCUT2D eigenvalue weighted by Crippen LogP contribution is 2.18. The summed E-state index contributed by atoms with van der Waals surface area (Å²) in [5, 5.41) is 5.81. The third-order valence-electron chi connectivity index (χ3n) is 3.19. The van der Waals surface area contributed by atoms with Crippen LogP contribution in [0.4, 0.5) is 0 Å². The van der Waals surface area contributed by atoms with Crippen molar-refractivity contribution in [1.29, 1.82) is 0 Å². The van der Waals surface area contributed by atoms with E-state index in [1.165, 1.54) is 19.2 Å². The second-order valence-corrected chi connectivity index (χ2v) is 7.04. The van der Waals surface area contributed by atoms with Crippen molar-refractivity contribution >= 4 is 15.7 Å². The molecule has 1 unspecified atom stereocenters. The summed E-state index contributed by atoms with van der Waals surface area (Å²) in [6.07, 6.45) is 0.